The van der Waals surface area contributed by atoms with Crippen LogP contribution in [0.15, 0.2) is 0 Å². The smallest absolute Gasteiger partial charge is 0.389 e. The molecule has 1 fully saturated rings. The Bertz CT molecular complexity index is 387. The van der Waals surface area contributed by atoms with Gasteiger partial charge in [0.1, 0.15) is 0 Å². The molecule has 0 aromatic rings. The molecule has 0 saturated carbocycles. The second-order valence-electron chi connectivity index (χ2n) is 5.02. The first-order chi connectivity index (χ1) is 8.41. The summed E-state index contributed by atoms with van der Waals surface area (Å²) in [6.45, 7) is -0.705. The lowest BCUT2D eigenvalue weighted by Crippen LogP contribution is -2.36. The van der Waals surface area contributed by atoms with E-state index in [1.165, 1.54) is 11.4 Å². The van der Waals surface area contributed by atoms with E-state index in [0.717, 1.165) is 23.2 Å². The van der Waals surface area contributed by atoms with Gasteiger partial charge in [0.05, 0.1) is 56.8 Å². The van der Waals surface area contributed by atoms with Gasteiger partial charge < -0.3 is 18.1 Å². The zero-order chi connectivity index (χ0) is 15.2. The molecule has 1 aliphatic heterocycles. The van der Waals surface area contributed by atoms with Crippen LogP contribution in [0.25, 0.3) is 0 Å². The fourth-order valence-corrected chi connectivity index (χ4v) is 4.54. The maximum absolute atomic E-state index is 11.8. The van der Waals surface area contributed by atoms with Crippen LogP contribution in [-0.4, -0.2) is 70.4 Å². The van der Waals surface area contributed by atoms with Crippen molar-refractivity contribution in [2.45, 2.75) is 6.42 Å². The molecule has 0 amide bonds. The standard InChI is InChI=1S/C8H19NO3PS.CH4O3S/c1-9(2,3)5-8-14-13(10)11-6-4-7-12-13;1-5(2,3)4/h4-8H2,1-3H3;1H3,(H,2,3,4)/q+1;/p-1. The molecule has 0 unspecified atom stereocenters. The SMILES string of the molecule is CS(=O)(=O)[O-].C[N+](C)(C)CCSP1(=O)OCCCO1. The summed E-state index contributed by atoms with van der Waals surface area (Å²) in [5.74, 6) is 0.806. The summed E-state index contributed by atoms with van der Waals surface area (Å²) >= 11 is 1.32. The average Bonchev–Trinajstić information content (AvgIpc) is 2.13. The van der Waals surface area contributed by atoms with Crippen molar-refractivity contribution in [2.75, 3.05) is 52.9 Å². The Kier molecular flexibility index (Phi) is 8.13. The van der Waals surface area contributed by atoms with Crippen LogP contribution in [0.3, 0.4) is 0 Å². The zero-order valence-electron chi connectivity index (χ0n) is 11.7. The van der Waals surface area contributed by atoms with E-state index in [2.05, 4.69) is 21.1 Å². The molecule has 0 atom stereocenters. The number of hydrogen-bond donors (Lipinski definition) is 0. The lowest BCUT2D eigenvalue weighted by atomic mass is 10.5. The van der Waals surface area contributed by atoms with Gasteiger partial charge in [-0.3, -0.25) is 0 Å². The first-order valence-corrected chi connectivity index (χ1v) is 10.6. The Hall–Kier alpha value is 0.370. The van der Waals surface area contributed by atoms with Gasteiger partial charge >= 0.3 is 6.80 Å². The highest BCUT2D eigenvalue weighted by atomic mass is 32.7. The predicted octanol–water partition coefficient (Wildman–Crippen LogP) is 1.13. The van der Waals surface area contributed by atoms with Crippen LogP contribution in [0, 0.1) is 0 Å². The molecule has 10 heteroatoms. The molecule has 0 aromatic carbocycles. The monoisotopic (exact) mass is 335 g/mol. The second-order valence-corrected chi connectivity index (χ2v) is 10.6. The van der Waals surface area contributed by atoms with Crippen LogP contribution in [0.4, 0.5) is 0 Å². The third-order valence-corrected chi connectivity index (χ3v) is 5.61. The van der Waals surface area contributed by atoms with Crippen molar-refractivity contribution in [2.24, 2.45) is 0 Å². The lowest BCUT2D eigenvalue weighted by molar-refractivity contribution is -0.867. The Morgan fingerprint density at radius 2 is 1.68 bits per heavy atom. The van der Waals surface area contributed by atoms with Gasteiger partial charge in [0, 0.05) is 6.26 Å². The second kappa shape index (κ2) is 7.97. The highest BCUT2D eigenvalue weighted by molar-refractivity contribution is 8.55. The van der Waals surface area contributed by atoms with Gasteiger partial charge in [-0.05, 0) is 17.8 Å². The predicted molar refractivity (Wildman–Crippen MR) is 75.1 cm³/mol. The van der Waals surface area contributed by atoms with Crippen molar-refractivity contribution >= 4 is 28.3 Å². The van der Waals surface area contributed by atoms with E-state index < -0.39 is 16.9 Å². The molecule has 0 aromatic heterocycles. The first-order valence-electron chi connectivity index (χ1n) is 5.66. The topological polar surface area (TPSA) is 92.7 Å². The van der Waals surface area contributed by atoms with Gasteiger partial charge in [0.15, 0.2) is 0 Å². The fraction of sp³-hybridized carbons (Fsp3) is 1.00. The molecular weight excluding hydrogens is 313 g/mol. The summed E-state index contributed by atoms with van der Waals surface area (Å²) in [5.41, 5.74) is 0. The molecular formula is C9H22NO6PS2. The Morgan fingerprint density at radius 1 is 1.26 bits per heavy atom. The van der Waals surface area contributed by atoms with E-state index in [4.69, 9.17) is 22.0 Å². The maximum Gasteiger partial charge on any atom is 0.389 e. The summed E-state index contributed by atoms with van der Waals surface area (Å²) < 4.78 is 50.3. The van der Waals surface area contributed by atoms with Crippen molar-refractivity contribution in [3.8, 4) is 0 Å². The van der Waals surface area contributed by atoms with Crippen LogP contribution >= 0.6 is 18.2 Å². The van der Waals surface area contributed by atoms with Crippen LogP contribution in [0.5, 0.6) is 0 Å². The van der Waals surface area contributed by atoms with E-state index in [-0.39, 0.29) is 0 Å². The highest BCUT2D eigenvalue weighted by Gasteiger charge is 2.29. The first kappa shape index (κ1) is 19.4. The fourth-order valence-electron chi connectivity index (χ4n) is 0.950. The summed E-state index contributed by atoms with van der Waals surface area (Å²) in [6.07, 6.45) is 1.45. The molecule has 1 rings (SSSR count). The largest absolute Gasteiger partial charge is 0.748 e. The Morgan fingerprint density at radius 3 is 2.05 bits per heavy atom. The third-order valence-electron chi connectivity index (χ3n) is 1.80. The van der Waals surface area contributed by atoms with Crippen LogP contribution < -0.4 is 0 Å². The molecule has 0 bridgehead atoms. The molecule has 1 saturated heterocycles. The number of hydrogen-bond acceptors (Lipinski definition) is 7. The molecule has 19 heavy (non-hydrogen) atoms. The minimum absolute atomic E-state index is 0.564. The van der Waals surface area contributed by atoms with E-state index in [1.54, 1.807) is 0 Å². The normalized spacial score (nSPS) is 19.4. The molecule has 0 N–H and O–H groups in total. The van der Waals surface area contributed by atoms with Gasteiger partial charge in [-0.25, -0.2) is 13.0 Å². The number of nitrogens with zero attached hydrogens (tertiary/aromatic N) is 1. The van der Waals surface area contributed by atoms with Gasteiger partial charge in [-0.2, -0.15) is 0 Å². The zero-order valence-corrected chi connectivity index (χ0v) is 14.2. The maximum atomic E-state index is 11.8. The van der Waals surface area contributed by atoms with Crippen molar-refractivity contribution in [3.63, 3.8) is 0 Å². The van der Waals surface area contributed by atoms with E-state index in [1.807, 2.05) is 0 Å². The average molecular weight is 335 g/mol. The van der Waals surface area contributed by atoms with E-state index in [9.17, 15) is 4.57 Å². The molecule has 1 heterocycles. The van der Waals surface area contributed by atoms with Crippen LogP contribution in [0.2, 0.25) is 0 Å². The van der Waals surface area contributed by atoms with Gasteiger partial charge in [0.2, 0.25) is 0 Å². The van der Waals surface area contributed by atoms with E-state index in [0.29, 0.717) is 19.5 Å². The Labute approximate surface area is 119 Å². The minimum atomic E-state index is -3.92. The lowest BCUT2D eigenvalue weighted by Gasteiger charge is -2.26. The van der Waals surface area contributed by atoms with E-state index >= 15 is 0 Å². The van der Waals surface area contributed by atoms with Crippen LogP contribution in [0.1, 0.15) is 6.42 Å². The number of quaternary nitrogens is 1. The molecule has 1 aliphatic rings. The minimum Gasteiger partial charge on any atom is -0.748 e. The molecule has 0 aliphatic carbocycles. The van der Waals surface area contributed by atoms with Gasteiger partial charge in [-0.1, -0.05) is 0 Å². The van der Waals surface area contributed by atoms with Crippen molar-refractivity contribution in [1.82, 2.24) is 0 Å². The van der Waals surface area contributed by atoms with Crippen molar-refractivity contribution in [3.05, 3.63) is 0 Å². The van der Waals surface area contributed by atoms with Crippen molar-refractivity contribution in [1.29, 1.82) is 0 Å². The molecule has 116 valence electrons. The molecule has 0 spiro atoms. The molecule has 7 nitrogen and oxygen atoms in total. The van der Waals surface area contributed by atoms with Crippen LogP contribution in [-0.2, 0) is 23.7 Å². The number of rotatable bonds is 4. The summed E-state index contributed by atoms with van der Waals surface area (Å²) in [6, 6.07) is 0. The Balaban J connectivity index is 0.000000555. The third kappa shape index (κ3) is 14.6. The van der Waals surface area contributed by atoms with Crippen molar-refractivity contribution < 1.29 is 31.1 Å². The molecule has 0 radical (unpaired) electrons. The van der Waals surface area contributed by atoms with Gasteiger partial charge in [0.25, 0.3) is 0 Å². The summed E-state index contributed by atoms with van der Waals surface area (Å²) in [4.78, 5) is 0. The highest BCUT2D eigenvalue weighted by Crippen LogP contribution is 2.61. The summed E-state index contributed by atoms with van der Waals surface area (Å²) in [5, 5.41) is 0. The summed E-state index contributed by atoms with van der Waals surface area (Å²) in [7, 11) is 2.41. The van der Waals surface area contributed by atoms with Gasteiger partial charge in [-0.15, -0.1) is 0 Å². The quantitative estimate of drug-likeness (QED) is 0.432.